The van der Waals surface area contributed by atoms with Gasteiger partial charge in [-0.25, -0.2) is 10.8 Å². The van der Waals surface area contributed by atoms with Gasteiger partial charge in [-0.05, 0) is 59.9 Å². The average molecular weight is 393 g/mol. The van der Waals surface area contributed by atoms with Crippen LogP contribution in [-0.4, -0.2) is 18.0 Å². The third kappa shape index (κ3) is 4.32. The van der Waals surface area contributed by atoms with Crippen LogP contribution in [0, 0.1) is 11.8 Å². The van der Waals surface area contributed by atoms with Crippen LogP contribution in [0.2, 0.25) is 0 Å². The number of carbonyl (C=O) groups excluding carboxylic acids is 1. The van der Waals surface area contributed by atoms with Crippen LogP contribution in [0.4, 0.5) is 0 Å². The SMILES string of the molecule is C=C(c1ccc2nc(-c3ccc(OC)cc3)oc2c1)[C@@H](C)[C@H](CCC)C(=O)NN. The fourth-order valence-electron chi connectivity index (χ4n) is 3.51. The number of nitrogens with zero attached hydrogens (tertiary/aromatic N) is 1. The Morgan fingerprint density at radius 3 is 2.62 bits per heavy atom. The lowest BCUT2D eigenvalue weighted by atomic mass is 9.81. The van der Waals surface area contributed by atoms with Gasteiger partial charge in [0.05, 0.1) is 7.11 Å². The summed E-state index contributed by atoms with van der Waals surface area (Å²) in [5.74, 6) is 6.25. The van der Waals surface area contributed by atoms with Crippen molar-refractivity contribution in [2.45, 2.75) is 26.7 Å². The average Bonchev–Trinajstić information content (AvgIpc) is 3.19. The fraction of sp³-hybridized carbons (Fsp3) is 0.304. The van der Waals surface area contributed by atoms with Crippen LogP contribution in [0.1, 0.15) is 32.3 Å². The highest BCUT2D eigenvalue weighted by atomic mass is 16.5. The molecule has 6 nitrogen and oxygen atoms in total. The molecule has 0 unspecified atom stereocenters. The third-order valence-corrected chi connectivity index (χ3v) is 5.33. The number of nitrogens with two attached hydrogens (primary N) is 1. The first-order valence-electron chi connectivity index (χ1n) is 9.73. The van der Waals surface area contributed by atoms with Crippen molar-refractivity contribution in [3.05, 3.63) is 54.6 Å². The molecule has 3 N–H and O–H groups in total. The molecule has 0 aliphatic heterocycles. The fourth-order valence-corrected chi connectivity index (χ4v) is 3.51. The summed E-state index contributed by atoms with van der Waals surface area (Å²) in [6, 6.07) is 13.4. The van der Waals surface area contributed by atoms with E-state index in [2.05, 4.69) is 17.0 Å². The van der Waals surface area contributed by atoms with Crippen molar-refractivity contribution in [3.8, 4) is 17.2 Å². The maximum atomic E-state index is 12.2. The molecular weight excluding hydrogens is 366 g/mol. The highest BCUT2D eigenvalue weighted by Crippen LogP contribution is 2.33. The highest BCUT2D eigenvalue weighted by molar-refractivity contribution is 5.84. The van der Waals surface area contributed by atoms with Crippen molar-refractivity contribution >= 4 is 22.6 Å². The van der Waals surface area contributed by atoms with Gasteiger partial charge in [-0.3, -0.25) is 10.2 Å². The molecule has 1 heterocycles. The summed E-state index contributed by atoms with van der Waals surface area (Å²) >= 11 is 0. The van der Waals surface area contributed by atoms with Gasteiger partial charge in [0.15, 0.2) is 5.58 Å². The van der Waals surface area contributed by atoms with E-state index in [4.69, 9.17) is 15.0 Å². The Bertz CT molecular complexity index is 1010. The summed E-state index contributed by atoms with van der Waals surface area (Å²) in [4.78, 5) is 16.8. The van der Waals surface area contributed by atoms with Crippen molar-refractivity contribution in [3.63, 3.8) is 0 Å². The third-order valence-electron chi connectivity index (χ3n) is 5.33. The van der Waals surface area contributed by atoms with Crippen molar-refractivity contribution in [2.75, 3.05) is 7.11 Å². The molecular formula is C23H27N3O3. The monoisotopic (exact) mass is 393 g/mol. The van der Waals surface area contributed by atoms with E-state index in [-0.39, 0.29) is 17.7 Å². The molecule has 3 rings (SSSR count). The molecule has 2 atom stereocenters. The van der Waals surface area contributed by atoms with Gasteiger partial charge in [0.1, 0.15) is 11.3 Å². The van der Waals surface area contributed by atoms with E-state index in [9.17, 15) is 4.79 Å². The lowest BCUT2D eigenvalue weighted by Gasteiger charge is -2.24. The molecule has 1 amide bonds. The van der Waals surface area contributed by atoms with E-state index >= 15 is 0 Å². The molecule has 0 bridgehead atoms. The van der Waals surface area contributed by atoms with Crippen LogP contribution < -0.4 is 16.0 Å². The van der Waals surface area contributed by atoms with Crippen LogP contribution in [0.5, 0.6) is 5.75 Å². The lowest BCUT2D eigenvalue weighted by molar-refractivity contribution is -0.126. The Labute approximate surface area is 170 Å². The number of methoxy groups -OCH3 is 1. The summed E-state index contributed by atoms with van der Waals surface area (Å²) in [6.07, 6.45) is 1.64. The number of aromatic nitrogens is 1. The number of nitrogens with one attached hydrogen (secondary N) is 1. The number of benzene rings is 2. The van der Waals surface area contributed by atoms with Gasteiger partial charge in [-0.1, -0.05) is 32.9 Å². The molecule has 1 aromatic heterocycles. The van der Waals surface area contributed by atoms with Crippen LogP contribution in [0.15, 0.2) is 53.5 Å². The molecule has 0 spiro atoms. The first-order chi connectivity index (χ1) is 14.0. The second kappa shape index (κ2) is 8.92. The number of rotatable bonds is 8. The largest absolute Gasteiger partial charge is 0.497 e. The topological polar surface area (TPSA) is 90.4 Å². The number of hydrogen-bond donors (Lipinski definition) is 2. The zero-order valence-electron chi connectivity index (χ0n) is 17.1. The number of allylic oxidation sites excluding steroid dienone is 1. The highest BCUT2D eigenvalue weighted by Gasteiger charge is 2.26. The van der Waals surface area contributed by atoms with E-state index in [0.717, 1.165) is 40.8 Å². The Morgan fingerprint density at radius 1 is 1.28 bits per heavy atom. The van der Waals surface area contributed by atoms with Crippen molar-refractivity contribution < 1.29 is 13.9 Å². The quantitative estimate of drug-likeness (QED) is 0.333. The number of amides is 1. The Hall–Kier alpha value is -3.12. The predicted molar refractivity (Wildman–Crippen MR) is 115 cm³/mol. The summed E-state index contributed by atoms with van der Waals surface area (Å²) in [5.41, 5.74) is 6.39. The number of hydrogen-bond acceptors (Lipinski definition) is 5. The second-order valence-electron chi connectivity index (χ2n) is 7.15. The van der Waals surface area contributed by atoms with Crippen molar-refractivity contribution in [1.29, 1.82) is 0 Å². The van der Waals surface area contributed by atoms with Gasteiger partial charge in [0.25, 0.3) is 0 Å². The van der Waals surface area contributed by atoms with Crippen LogP contribution >= 0.6 is 0 Å². The number of ether oxygens (including phenoxy) is 1. The second-order valence-corrected chi connectivity index (χ2v) is 7.15. The molecule has 0 aliphatic rings. The predicted octanol–water partition coefficient (Wildman–Crippen LogP) is 4.56. The van der Waals surface area contributed by atoms with Gasteiger partial charge in [-0.2, -0.15) is 0 Å². The Morgan fingerprint density at radius 2 is 2.00 bits per heavy atom. The van der Waals surface area contributed by atoms with E-state index in [1.54, 1.807) is 7.11 Å². The minimum Gasteiger partial charge on any atom is -0.497 e. The Balaban J connectivity index is 1.88. The normalized spacial score (nSPS) is 13.1. The maximum Gasteiger partial charge on any atom is 0.237 e. The number of fused-ring (bicyclic) bond motifs is 1. The van der Waals surface area contributed by atoms with Crippen LogP contribution in [0.25, 0.3) is 28.1 Å². The standard InChI is InChI=1S/C23H27N3O3/c1-5-6-19(22(27)26-24)15(3)14(2)17-9-12-20-21(13-17)29-23(25-20)16-7-10-18(28-4)11-8-16/h7-13,15,19H,2,5-6,24H2,1,3-4H3,(H,26,27)/t15-,19+/m1/s1. The van der Waals surface area contributed by atoms with Crippen molar-refractivity contribution in [2.24, 2.45) is 17.7 Å². The van der Waals surface area contributed by atoms with Crippen molar-refractivity contribution in [1.82, 2.24) is 10.4 Å². The molecule has 0 saturated heterocycles. The molecule has 0 aliphatic carbocycles. The number of carbonyl (C=O) groups is 1. The van der Waals surface area contributed by atoms with Gasteiger partial charge < -0.3 is 9.15 Å². The van der Waals surface area contributed by atoms with Crippen LogP contribution in [-0.2, 0) is 4.79 Å². The summed E-state index contributed by atoms with van der Waals surface area (Å²) < 4.78 is 11.2. The summed E-state index contributed by atoms with van der Waals surface area (Å²) in [7, 11) is 1.63. The molecule has 6 heteroatoms. The summed E-state index contributed by atoms with van der Waals surface area (Å²) in [6.45, 7) is 8.29. The molecule has 0 saturated carbocycles. The number of hydrazine groups is 1. The smallest absolute Gasteiger partial charge is 0.237 e. The first kappa shape index (κ1) is 20.6. The lowest BCUT2D eigenvalue weighted by Crippen LogP contribution is -2.38. The minimum atomic E-state index is -0.224. The van der Waals surface area contributed by atoms with E-state index in [1.165, 1.54) is 0 Å². The first-order valence-corrected chi connectivity index (χ1v) is 9.73. The molecule has 0 radical (unpaired) electrons. The molecule has 3 aromatic rings. The van der Waals surface area contributed by atoms with Gasteiger partial charge in [0.2, 0.25) is 11.8 Å². The van der Waals surface area contributed by atoms with Gasteiger partial charge in [0, 0.05) is 11.5 Å². The van der Waals surface area contributed by atoms with Gasteiger partial charge >= 0.3 is 0 Å². The molecule has 0 fully saturated rings. The zero-order valence-corrected chi connectivity index (χ0v) is 17.1. The molecule has 152 valence electrons. The summed E-state index contributed by atoms with van der Waals surface area (Å²) in [5, 5.41) is 0. The maximum absolute atomic E-state index is 12.2. The van der Waals surface area contributed by atoms with Crippen LogP contribution in [0.3, 0.4) is 0 Å². The number of oxazole rings is 1. The van der Waals surface area contributed by atoms with E-state index in [0.29, 0.717) is 11.5 Å². The Kier molecular flexibility index (Phi) is 6.34. The van der Waals surface area contributed by atoms with E-state index < -0.39 is 0 Å². The minimum absolute atomic E-state index is 0.0556. The zero-order chi connectivity index (χ0) is 21.0. The molecule has 29 heavy (non-hydrogen) atoms. The van der Waals surface area contributed by atoms with E-state index in [1.807, 2.05) is 56.3 Å². The van der Waals surface area contributed by atoms with Gasteiger partial charge in [-0.15, -0.1) is 0 Å². The molecule has 2 aromatic carbocycles.